The van der Waals surface area contributed by atoms with Gasteiger partial charge in [-0.1, -0.05) is 151 Å². The number of hydrogen-bond acceptors (Lipinski definition) is 0. The molecule has 0 nitrogen and oxygen atoms in total. The van der Waals surface area contributed by atoms with Crippen LogP contribution in [0, 0.1) is 20.8 Å². The summed E-state index contributed by atoms with van der Waals surface area (Å²) in [6, 6.07) is 46.2. The van der Waals surface area contributed by atoms with Gasteiger partial charge in [-0.2, -0.15) is 0 Å². The average Bonchev–Trinajstić information content (AvgIpc) is 3.50. The maximum Gasteiger partial charge on any atom is -0.00107 e. The molecule has 0 aromatic heterocycles. The highest BCUT2D eigenvalue weighted by Gasteiger charge is 2.23. The lowest BCUT2D eigenvalue weighted by Gasteiger charge is -2.13. The largest absolute Gasteiger partial charge is 0.0839 e. The summed E-state index contributed by atoms with van der Waals surface area (Å²) in [6.07, 6.45) is 11.4. The number of aryl methyl sites for hydroxylation is 3. The highest BCUT2D eigenvalue weighted by molar-refractivity contribution is 5.99. The fraction of sp³-hybridized carbons (Fsp3) is 0.167. The zero-order chi connectivity index (χ0) is 33.0. The van der Waals surface area contributed by atoms with E-state index in [9.17, 15) is 0 Å². The number of rotatable bonds is 5. The molecule has 0 unspecified atom stereocenters. The van der Waals surface area contributed by atoms with Gasteiger partial charge in [0, 0.05) is 0 Å². The highest BCUT2D eigenvalue weighted by Crippen LogP contribution is 2.43. The first-order valence-corrected chi connectivity index (χ1v) is 17.3. The van der Waals surface area contributed by atoms with Gasteiger partial charge in [-0.05, 0) is 136 Å². The maximum absolute atomic E-state index is 2.34. The second-order valence-corrected chi connectivity index (χ2v) is 13.5. The van der Waals surface area contributed by atoms with Crippen molar-refractivity contribution in [2.75, 3.05) is 0 Å². The zero-order valence-corrected chi connectivity index (χ0v) is 28.7. The fourth-order valence-electron chi connectivity index (χ4n) is 7.49. The Morgan fingerprint density at radius 2 is 1.33 bits per heavy atom. The molecule has 0 spiro atoms. The van der Waals surface area contributed by atoms with Crippen LogP contribution < -0.4 is 0 Å². The molecular weight excluding hydrogens is 577 g/mol. The van der Waals surface area contributed by atoms with E-state index in [0.29, 0.717) is 0 Å². The number of allylic oxidation sites excluding steroid dienone is 5. The molecule has 0 heteroatoms. The van der Waals surface area contributed by atoms with E-state index in [4.69, 9.17) is 0 Å². The Labute approximate surface area is 286 Å². The predicted octanol–water partition coefficient (Wildman–Crippen LogP) is 13.1. The van der Waals surface area contributed by atoms with Crippen LogP contribution in [0.2, 0.25) is 0 Å². The molecule has 0 saturated heterocycles. The second kappa shape index (κ2) is 13.9. The molecule has 0 heterocycles. The molecule has 0 atom stereocenters. The summed E-state index contributed by atoms with van der Waals surface area (Å²) >= 11 is 0. The highest BCUT2D eigenvalue weighted by atomic mass is 14.3. The van der Waals surface area contributed by atoms with E-state index in [-0.39, 0.29) is 0 Å². The van der Waals surface area contributed by atoms with Crippen LogP contribution in [-0.4, -0.2) is 0 Å². The first kappa shape index (κ1) is 31.4. The van der Waals surface area contributed by atoms with Crippen LogP contribution in [0.4, 0.5) is 0 Å². The quantitative estimate of drug-likeness (QED) is 0.180. The Morgan fingerprint density at radius 1 is 0.625 bits per heavy atom. The topological polar surface area (TPSA) is 0 Å². The Morgan fingerprint density at radius 3 is 2.15 bits per heavy atom. The van der Waals surface area contributed by atoms with Crippen LogP contribution >= 0.6 is 0 Å². The Kier molecular flexibility index (Phi) is 9.08. The monoisotopic (exact) mass is 620 g/mol. The van der Waals surface area contributed by atoms with Crippen LogP contribution in [0.25, 0.3) is 44.7 Å². The van der Waals surface area contributed by atoms with E-state index < -0.39 is 0 Å². The van der Waals surface area contributed by atoms with Crippen molar-refractivity contribution in [2.24, 2.45) is 0 Å². The van der Waals surface area contributed by atoms with E-state index >= 15 is 0 Å². The Balaban J connectivity index is 0.000000172. The molecule has 6 aromatic rings. The van der Waals surface area contributed by atoms with Crippen molar-refractivity contribution in [1.29, 1.82) is 0 Å². The van der Waals surface area contributed by atoms with Crippen molar-refractivity contribution in [2.45, 2.75) is 53.4 Å². The lowest BCUT2D eigenvalue weighted by molar-refractivity contribution is 1.04. The van der Waals surface area contributed by atoms with E-state index in [1.165, 1.54) is 96.0 Å². The number of benzene rings is 6. The van der Waals surface area contributed by atoms with Gasteiger partial charge >= 0.3 is 0 Å². The summed E-state index contributed by atoms with van der Waals surface area (Å²) in [5.41, 5.74) is 19.6. The van der Waals surface area contributed by atoms with E-state index in [1.807, 2.05) is 0 Å². The van der Waals surface area contributed by atoms with Crippen molar-refractivity contribution in [1.82, 2.24) is 0 Å². The molecule has 0 N–H and O–H groups in total. The maximum atomic E-state index is 2.34. The molecule has 0 radical (unpaired) electrons. The van der Waals surface area contributed by atoms with Gasteiger partial charge in [-0.15, -0.1) is 0 Å². The van der Waals surface area contributed by atoms with E-state index in [1.54, 1.807) is 5.57 Å². The van der Waals surface area contributed by atoms with Gasteiger partial charge in [0.25, 0.3) is 0 Å². The minimum atomic E-state index is 0.988. The van der Waals surface area contributed by atoms with Crippen molar-refractivity contribution in [3.63, 3.8) is 0 Å². The SMILES string of the molecule is C/C(=C\c1ccccc1C)Cc1ccc(-c2cccc3c2CC2=C3CCC=C2)cc1.Cc1ccccc1-c1c(C)ccc2ccccc12. The molecule has 0 amide bonds. The molecule has 0 bridgehead atoms. The Bertz CT molecular complexity index is 2200. The number of fused-ring (bicyclic) bond motifs is 3. The molecule has 0 aliphatic heterocycles. The van der Waals surface area contributed by atoms with Gasteiger partial charge in [-0.25, -0.2) is 0 Å². The standard InChI is InChI=1S/C30H28.C18H16/c1-21(19-25-9-4-3-8-22(25)2)18-23-14-16-24(17-15-23)27-12-7-13-29-28-11-6-5-10-26(28)20-30(27)29;1-13-7-3-5-9-16(13)18-14(2)11-12-15-8-4-6-10-17(15)18/h3-5,7-10,12-17,19H,6,11,18,20H2,1-2H3;3-12H,1-2H3/b21-19+;. The van der Waals surface area contributed by atoms with Gasteiger partial charge in [0.1, 0.15) is 0 Å². The van der Waals surface area contributed by atoms with Crippen LogP contribution in [0.5, 0.6) is 0 Å². The summed E-state index contributed by atoms with van der Waals surface area (Å²) < 4.78 is 0. The molecule has 0 fully saturated rings. The third-order valence-corrected chi connectivity index (χ3v) is 10.0. The minimum Gasteiger partial charge on any atom is -0.0839 e. The van der Waals surface area contributed by atoms with Crippen molar-refractivity contribution in [3.8, 4) is 22.3 Å². The Hall–Kier alpha value is -5.20. The van der Waals surface area contributed by atoms with Crippen LogP contribution in [0.3, 0.4) is 0 Å². The van der Waals surface area contributed by atoms with Crippen molar-refractivity contribution >= 4 is 22.4 Å². The van der Waals surface area contributed by atoms with Gasteiger partial charge in [0.05, 0.1) is 0 Å². The molecule has 0 saturated carbocycles. The van der Waals surface area contributed by atoms with E-state index in [2.05, 4.69) is 173 Å². The van der Waals surface area contributed by atoms with Gasteiger partial charge in [0.2, 0.25) is 0 Å². The molecule has 6 aromatic carbocycles. The summed E-state index contributed by atoms with van der Waals surface area (Å²) in [4.78, 5) is 0. The zero-order valence-electron chi connectivity index (χ0n) is 28.7. The first-order valence-electron chi connectivity index (χ1n) is 17.3. The smallest absolute Gasteiger partial charge is 0.00107 e. The van der Waals surface area contributed by atoms with Crippen molar-refractivity contribution in [3.05, 3.63) is 190 Å². The number of hydrogen-bond donors (Lipinski definition) is 0. The third-order valence-electron chi connectivity index (χ3n) is 10.0. The van der Waals surface area contributed by atoms with E-state index in [0.717, 1.165) is 12.8 Å². The second-order valence-electron chi connectivity index (χ2n) is 13.5. The summed E-state index contributed by atoms with van der Waals surface area (Å²) in [5.74, 6) is 0. The lowest BCUT2D eigenvalue weighted by Crippen LogP contribution is -1.92. The predicted molar refractivity (Wildman–Crippen MR) is 208 cm³/mol. The van der Waals surface area contributed by atoms with Gasteiger partial charge in [0.15, 0.2) is 0 Å². The molecular formula is C48H44. The molecule has 2 aliphatic carbocycles. The molecule has 2 aliphatic rings. The third kappa shape index (κ3) is 6.49. The van der Waals surface area contributed by atoms with Crippen molar-refractivity contribution < 1.29 is 0 Å². The van der Waals surface area contributed by atoms with Crippen LogP contribution in [0.1, 0.15) is 58.7 Å². The first-order chi connectivity index (χ1) is 23.5. The molecule has 236 valence electrons. The normalized spacial score (nSPS) is 13.6. The lowest BCUT2D eigenvalue weighted by atomic mass is 9.91. The average molecular weight is 621 g/mol. The summed E-state index contributed by atoms with van der Waals surface area (Å²) in [7, 11) is 0. The van der Waals surface area contributed by atoms with Crippen LogP contribution in [-0.2, 0) is 12.8 Å². The molecule has 48 heavy (non-hydrogen) atoms. The molecule has 8 rings (SSSR count). The summed E-state index contributed by atoms with van der Waals surface area (Å²) in [5, 5.41) is 2.65. The van der Waals surface area contributed by atoms with Gasteiger partial charge < -0.3 is 0 Å². The van der Waals surface area contributed by atoms with Gasteiger partial charge in [-0.3, -0.25) is 0 Å². The minimum absolute atomic E-state index is 0.988. The fourth-order valence-corrected chi connectivity index (χ4v) is 7.49. The summed E-state index contributed by atoms with van der Waals surface area (Å²) in [6.45, 7) is 8.77. The van der Waals surface area contributed by atoms with Crippen LogP contribution in [0.15, 0.2) is 151 Å².